The molecule has 2 aromatic rings. The Labute approximate surface area is 130 Å². The van der Waals surface area contributed by atoms with Gasteiger partial charge in [0.05, 0.1) is 0 Å². The third kappa shape index (κ3) is 3.25. The Hall–Kier alpha value is -0.830. The van der Waals surface area contributed by atoms with Crippen LogP contribution in [0.1, 0.15) is 36.1 Å². The monoisotopic (exact) mass is 305 g/mol. The minimum atomic E-state index is 0.547. The molecule has 1 aliphatic carbocycles. The number of thiophene rings is 1. The lowest BCUT2D eigenvalue weighted by Crippen LogP contribution is -2.45. The quantitative estimate of drug-likeness (QED) is 0.831. The number of hydrogen-bond donors (Lipinski definition) is 1. The third-order valence-electron chi connectivity index (χ3n) is 4.09. The standard InChI is InChI=1S/C17H20ClNS/c1-12(9-15-5-4-8-20-15)19-14-10-13(11-14)16-6-2-3-7-17(16)18/h2-8,12-14,19H,9-11H2,1H3. The van der Waals surface area contributed by atoms with Crippen LogP contribution in [0.2, 0.25) is 5.02 Å². The molecule has 0 amide bonds. The van der Waals surface area contributed by atoms with Crippen LogP contribution in [0.25, 0.3) is 0 Å². The molecule has 0 spiro atoms. The highest BCUT2D eigenvalue weighted by Crippen LogP contribution is 2.40. The summed E-state index contributed by atoms with van der Waals surface area (Å²) in [6, 6.07) is 13.8. The van der Waals surface area contributed by atoms with Crippen LogP contribution in [0, 0.1) is 0 Å². The maximum atomic E-state index is 6.26. The van der Waals surface area contributed by atoms with E-state index >= 15 is 0 Å². The van der Waals surface area contributed by atoms with E-state index in [1.165, 1.54) is 23.3 Å². The third-order valence-corrected chi connectivity index (χ3v) is 5.33. The summed E-state index contributed by atoms with van der Waals surface area (Å²) < 4.78 is 0. The Bertz CT molecular complexity index is 546. The highest BCUT2D eigenvalue weighted by Gasteiger charge is 2.31. The van der Waals surface area contributed by atoms with Crippen molar-refractivity contribution >= 4 is 22.9 Å². The van der Waals surface area contributed by atoms with Crippen molar-refractivity contribution in [2.75, 3.05) is 0 Å². The van der Waals surface area contributed by atoms with Gasteiger partial charge in [-0.15, -0.1) is 11.3 Å². The van der Waals surface area contributed by atoms with Crippen molar-refractivity contribution in [1.29, 1.82) is 0 Å². The van der Waals surface area contributed by atoms with Crippen molar-refractivity contribution in [3.05, 3.63) is 57.2 Å². The zero-order valence-electron chi connectivity index (χ0n) is 11.7. The van der Waals surface area contributed by atoms with E-state index in [4.69, 9.17) is 11.6 Å². The van der Waals surface area contributed by atoms with Crippen molar-refractivity contribution in [1.82, 2.24) is 5.32 Å². The largest absolute Gasteiger partial charge is 0.311 e. The molecule has 1 nitrogen and oxygen atoms in total. The molecule has 0 radical (unpaired) electrons. The first-order valence-corrected chi connectivity index (χ1v) is 8.51. The molecule has 1 saturated carbocycles. The number of nitrogens with one attached hydrogen (secondary N) is 1. The van der Waals surface area contributed by atoms with Gasteiger partial charge in [-0.05, 0) is 55.2 Å². The normalized spacial score (nSPS) is 23.3. The van der Waals surface area contributed by atoms with Crippen molar-refractivity contribution < 1.29 is 0 Å². The van der Waals surface area contributed by atoms with Crippen molar-refractivity contribution in [2.24, 2.45) is 0 Å². The summed E-state index contributed by atoms with van der Waals surface area (Å²) in [7, 11) is 0. The van der Waals surface area contributed by atoms with Gasteiger partial charge in [0.2, 0.25) is 0 Å². The van der Waals surface area contributed by atoms with Crippen LogP contribution in [0.3, 0.4) is 0 Å². The second-order valence-corrected chi connectivity index (χ2v) is 7.18. The van der Waals surface area contributed by atoms with E-state index in [1.54, 1.807) is 0 Å². The highest BCUT2D eigenvalue weighted by atomic mass is 35.5. The Morgan fingerprint density at radius 1 is 1.25 bits per heavy atom. The van der Waals surface area contributed by atoms with E-state index in [-0.39, 0.29) is 0 Å². The average molecular weight is 306 g/mol. The fourth-order valence-corrected chi connectivity index (χ4v) is 4.13. The molecule has 1 aromatic carbocycles. The van der Waals surface area contributed by atoms with Crippen LogP contribution in [0.15, 0.2) is 41.8 Å². The van der Waals surface area contributed by atoms with Crippen LogP contribution in [0.4, 0.5) is 0 Å². The number of hydrogen-bond acceptors (Lipinski definition) is 2. The van der Waals surface area contributed by atoms with Gasteiger partial charge in [-0.25, -0.2) is 0 Å². The molecule has 1 aromatic heterocycles. The van der Waals surface area contributed by atoms with E-state index in [0.717, 1.165) is 11.4 Å². The minimum Gasteiger partial charge on any atom is -0.311 e. The fraction of sp³-hybridized carbons (Fsp3) is 0.412. The van der Waals surface area contributed by atoms with Crippen LogP contribution in [0.5, 0.6) is 0 Å². The summed E-state index contributed by atoms with van der Waals surface area (Å²) in [6.07, 6.45) is 3.54. The van der Waals surface area contributed by atoms with Gasteiger partial charge >= 0.3 is 0 Å². The summed E-state index contributed by atoms with van der Waals surface area (Å²) in [5.41, 5.74) is 1.32. The molecule has 1 fully saturated rings. The molecule has 3 heteroatoms. The second kappa shape index (κ2) is 6.30. The molecule has 106 valence electrons. The maximum Gasteiger partial charge on any atom is 0.0440 e. The average Bonchev–Trinajstić information content (AvgIpc) is 2.87. The van der Waals surface area contributed by atoms with Gasteiger partial charge in [0, 0.05) is 22.0 Å². The molecule has 20 heavy (non-hydrogen) atoms. The van der Waals surface area contributed by atoms with Gasteiger partial charge in [-0.3, -0.25) is 0 Å². The summed E-state index contributed by atoms with van der Waals surface area (Å²) in [5.74, 6) is 0.634. The number of benzene rings is 1. The summed E-state index contributed by atoms with van der Waals surface area (Å²) >= 11 is 8.11. The molecule has 0 aliphatic heterocycles. The maximum absolute atomic E-state index is 6.26. The second-order valence-electron chi connectivity index (χ2n) is 5.74. The van der Waals surface area contributed by atoms with E-state index in [0.29, 0.717) is 18.0 Å². The molecular weight excluding hydrogens is 286 g/mol. The molecule has 1 aliphatic rings. The Morgan fingerprint density at radius 3 is 2.75 bits per heavy atom. The van der Waals surface area contributed by atoms with Crippen molar-refractivity contribution in [3.8, 4) is 0 Å². The number of rotatable bonds is 5. The molecular formula is C17H20ClNS. The van der Waals surface area contributed by atoms with Gasteiger partial charge in [0.15, 0.2) is 0 Å². The fourth-order valence-electron chi connectivity index (χ4n) is 3.01. The highest BCUT2D eigenvalue weighted by molar-refractivity contribution is 7.09. The molecule has 1 heterocycles. The zero-order chi connectivity index (χ0) is 13.9. The first-order chi connectivity index (χ1) is 9.72. The summed E-state index contributed by atoms with van der Waals surface area (Å²) in [5, 5.41) is 6.81. The predicted molar refractivity (Wildman–Crippen MR) is 87.8 cm³/mol. The first-order valence-electron chi connectivity index (χ1n) is 7.25. The predicted octanol–water partition coefficient (Wildman–Crippen LogP) is 4.87. The smallest absolute Gasteiger partial charge is 0.0440 e. The van der Waals surface area contributed by atoms with Crippen LogP contribution in [-0.4, -0.2) is 12.1 Å². The van der Waals surface area contributed by atoms with Crippen molar-refractivity contribution in [3.63, 3.8) is 0 Å². The lowest BCUT2D eigenvalue weighted by molar-refractivity contribution is 0.269. The van der Waals surface area contributed by atoms with Gasteiger partial charge in [-0.1, -0.05) is 35.9 Å². The van der Waals surface area contributed by atoms with Crippen LogP contribution in [-0.2, 0) is 6.42 Å². The molecule has 0 saturated heterocycles. The van der Waals surface area contributed by atoms with E-state index in [1.807, 2.05) is 23.5 Å². The molecule has 1 unspecified atom stereocenters. The van der Waals surface area contributed by atoms with E-state index < -0.39 is 0 Å². The Morgan fingerprint density at radius 2 is 2.05 bits per heavy atom. The topological polar surface area (TPSA) is 12.0 Å². The molecule has 1 atom stereocenters. The molecule has 1 N–H and O–H groups in total. The summed E-state index contributed by atoms with van der Waals surface area (Å²) in [6.45, 7) is 2.28. The zero-order valence-corrected chi connectivity index (χ0v) is 13.3. The Balaban J connectivity index is 1.47. The van der Waals surface area contributed by atoms with Crippen LogP contribution < -0.4 is 5.32 Å². The minimum absolute atomic E-state index is 0.547. The van der Waals surface area contributed by atoms with Crippen LogP contribution >= 0.6 is 22.9 Å². The SMILES string of the molecule is CC(Cc1cccs1)NC1CC(c2ccccc2Cl)C1. The number of halogens is 1. The van der Waals surface area contributed by atoms with Crippen molar-refractivity contribution in [2.45, 2.75) is 44.2 Å². The van der Waals surface area contributed by atoms with E-state index in [2.05, 4.69) is 41.9 Å². The lowest BCUT2D eigenvalue weighted by Gasteiger charge is -2.38. The van der Waals surface area contributed by atoms with Gasteiger partial charge in [-0.2, -0.15) is 0 Å². The Kier molecular flexibility index (Phi) is 4.45. The van der Waals surface area contributed by atoms with E-state index in [9.17, 15) is 0 Å². The van der Waals surface area contributed by atoms with Gasteiger partial charge < -0.3 is 5.32 Å². The van der Waals surface area contributed by atoms with Gasteiger partial charge in [0.25, 0.3) is 0 Å². The first kappa shape index (κ1) is 14.1. The molecule has 3 rings (SSSR count). The molecule has 0 bridgehead atoms. The van der Waals surface area contributed by atoms with Gasteiger partial charge in [0.1, 0.15) is 0 Å². The lowest BCUT2D eigenvalue weighted by atomic mass is 9.75. The summed E-state index contributed by atoms with van der Waals surface area (Å²) in [4.78, 5) is 1.46.